The molecular weight excluding hydrogens is 330 g/mol. The number of piperidine rings is 1. The fourth-order valence-corrected chi connectivity index (χ4v) is 2.89. The predicted molar refractivity (Wildman–Crippen MR) is 92.3 cm³/mol. The molecule has 0 radical (unpaired) electrons. The summed E-state index contributed by atoms with van der Waals surface area (Å²) in [5, 5.41) is 3.23. The summed E-state index contributed by atoms with van der Waals surface area (Å²) in [6.07, 6.45) is 1.29. The zero-order valence-corrected chi connectivity index (χ0v) is 15.1. The second kappa shape index (κ2) is 8.33. The highest BCUT2D eigenvalue weighted by molar-refractivity contribution is 6.33. The van der Waals surface area contributed by atoms with Crippen molar-refractivity contribution in [3.8, 4) is 5.88 Å². The van der Waals surface area contributed by atoms with Gasteiger partial charge in [-0.2, -0.15) is 0 Å². The van der Waals surface area contributed by atoms with E-state index in [2.05, 4.69) is 10.3 Å². The van der Waals surface area contributed by atoms with Crippen LogP contribution in [0.4, 0.5) is 0 Å². The van der Waals surface area contributed by atoms with Gasteiger partial charge < -0.3 is 15.0 Å². The van der Waals surface area contributed by atoms with Gasteiger partial charge in [-0.25, -0.2) is 4.98 Å². The summed E-state index contributed by atoms with van der Waals surface area (Å²) in [6, 6.07) is 3.39. The van der Waals surface area contributed by atoms with Crippen LogP contribution in [0.3, 0.4) is 0 Å². The van der Waals surface area contributed by atoms with Crippen molar-refractivity contribution >= 4 is 23.4 Å². The van der Waals surface area contributed by atoms with Gasteiger partial charge in [0.15, 0.2) is 5.69 Å². The Morgan fingerprint density at radius 1 is 1.38 bits per heavy atom. The van der Waals surface area contributed by atoms with Gasteiger partial charge in [0.25, 0.3) is 5.91 Å². The zero-order valence-electron chi connectivity index (χ0n) is 14.3. The predicted octanol–water partition coefficient (Wildman–Crippen LogP) is 2.51. The molecule has 0 bridgehead atoms. The molecule has 0 spiro atoms. The lowest BCUT2D eigenvalue weighted by Crippen LogP contribution is -2.44. The molecule has 0 aromatic carbocycles. The van der Waals surface area contributed by atoms with Crippen LogP contribution in [-0.4, -0.2) is 47.4 Å². The van der Waals surface area contributed by atoms with Crippen molar-refractivity contribution in [2.45, 2.75) is 39.7 Å². The Hall–Kier alpha value is -1.82. The summed E-state index contributed by atoms with van der Waals surface area (Å²) < 4.78 is 5.33. The number of hydrogen-bond donors (Lipinski definition) is 1. The van der Waals surface area contributed by atoms with Crippen LogP contribution in [0.25, 0.3) is 0 Å². The van der Waals surface area contributed by atoms with Gasteiger partial charge in [-0.05, 0) is 39.7 Å². The van der Waals surface area contributed by atoms with Gasteiger partial charge in [-0.1, -0.05) is 11.6 Å². The van der Waals surface area contributed by atoms with Crippen LogP contribution < -0.4 is 10.1 Å². The number of carbonyl (C=O) groups excluding carboxylic acids is 2. The maximum absolute atomic E-state index is 12.7. The van der Waals surface area contributed by atoms with E-state index in [1.54, 1.807) is 17.0 Å². The van der Waals surface area contributed by atoms with Gasteiger partial charge >= 0.3 is 0 Å². The molecule has 0 aliphatic carbocycles. The monoisotopic (exact) mass is 353 g/mol. The highest BCUT2D eigenvalue weighted by atomic mass is 35.5. The Bertz CT molecular complexity index is 599. The van der Waals surface area contributed by atoms with Crippen LogP contribution in [-0.2, 0) is 4.79 Å². The molecule has 1 aromatic heterocycles. The number of halogens is 1. The summed E-state index contributed by atoms with van der Waals surface area (Å²) in [7, 11) is 0. The van der Waals surface area contributed by atoms with Gasteiger partial charge in [0.05, 0.1) is 11.6 Å². The molecule has 6 nitrogen and oxygen atoms in total. The second-order valence-corrected chi connectivity index (χ2v) is 6.55. The fraction of sp³-hybridized carbons (Fsp3) is 0.588. The number of hydrogen-bond acceptors (Lipinski definition) is 4. The first kappa shape index (κ1) is 18.5. The number of amides is 2. The Labute approximate surface area is 147 Å². The molecule has 0 atom stereocenters. The normalized spacial score (nSPS) is 15.5. The third kappa shape index (κ3) is 4.60. The van der Waals surface area contributed by atoms with Gasteiger partial charge in [0, 0.05) is 31.1 Å². The minimum absolute atomic E-state index is 0.0466. The van der Waals surface area contributed by atoms with E-state index in [4.69, 9.17) is 16.3 Å². The van der Waals surface area contributed by atoms with E-state index in [9.17, 15) is 9.59 Å². The highest BCUT2D eigenvalue weighted by Gasteiger charge is 2.29. The van der Waals surface area contributed by atoms with Crippen LogP contribution in [0.15, 0.2) is 12.1 Å². The summed E-state index contributed by atoms with van der Waals surface area (Å²) in [5.41, 5.74) is 0.202. The lowest BCUT2D eigenvalue weighted by molar-refractivity contribution is -0.126. The smallest absolute Gasteiger partial charge is 0.274 e. The van der Waals surface area contributed by atoms with E-state index >= 15 is 0 Å². The number of ether oxygens (including phenoxy) is 1. The van der Waals surface area contributed by atoms with E-state index in [0.717, 1.165) is 0 Å². The molecule has 0 unspecified atom stereocenters. The molecule has 7 heteroatoms. The fourth-order valence-electron chi connectivity index (χ4n) is 2.70. The highest BCUT2D eigenvalue weighted by Crippen LogP contribution is 2.23. The van der Waals surface area contributed by atoms with Crippen molar-refractivity contribution in [1.29, 1.82) is 0 Å². The standard InChI is InChI=1S/C17H24ClN3O3/c1-4-24-14-6-5-13(18)15(20-14)17(23)21-9-7-12(8-10-21)16(22)19-11(2)3/h5-6,11-12H,4,7-10H2,1-3H3,(H,19,22). The lowest BCUT2D eigenvalue weighted by Gasteiger charge is -2.31. The Morgan fingerprint density at radius 2 is 2.04 bits per heavy atom. The first-order valence-electron chi connectivity index (χ1n) is 8.31. The van der Waals surface area contributed by atoms with Crippen molar-refractivity contribution in [3.63, 3.8) is 0 Å². The Balaban J connectivity index is 2.00. The van der Waals surface area contributed by atoms with E-state index in [-0.39, 0.29) is 29.5 Å². The van der Waals surface area contributed by atoms with Gasteiger partial charge in [0.1, 0.15) is 0 Å². The molecule has 132 valence electrons. The number of pyridine rings is 1. The molecule has 2 rings (SSSR count). The maximum atomic E-state index is 12.7. The molecule has 2 amide bonds. The first-order valence-corrected chi connectivity index (χ1v) is 8.69. The van der Waals surface area contributed by atoms with Crippen LogP contribution in [0.2, 0.25) is 5.02 Å². The molecule has 24 heavy (non-hydrogen) atoms. The molecule has 1 saturated heterocycles. The second-order valence-electron chi connectivity index (χ2n) is 6.14. The van der Waals surface area contributed by atoms with E-state index in [1.165, 1.54) is 0 Å². The maximum Gasteiger partial charge on any atom is 0.274 e. The topological polar surface area (TPSA) is 71.5 Å². The van der Waals surface area contributed by atoms with Crippen molar-refractivity contribution in [1.82, 2.24) is 15.2 Å². The summed E-state index contributed by atoms with van der Waals surface area (Å²) in [6.45, 7) is 7.24. The molecule has 0 saturated carbocycles. The number of likely N-dealkylation sites (tertiary alicyclic amines) is 1. The van der Waals surface area contributed by atoms with Crippen LogP contribution in [0.5, 0.6) is 5.88 Å². The van der Waals surface area contributed by atoms with E-state index < -0.39 is 0 Å². The average Bonchev–Trinajstić information content (AvgIpc) is 2.56. The van der Waals surface area contributed by atoms with Crippen molar-refractivity contribution in [3.05, 3.63) is 22.8 Å². The van der Waals surface area contributed by atoms with E-state index in [1.807, 2.05) is 20.8 Å². The van der Waals surface area contributed by atoms with Gasteiger partial charge in [0.2, 0.25) is 11.8 Å². The first-order chi connectivity index (χ1) is 11.4. The molecule has 1 fully saturated rings. The Morgan fingerprint density at radius 3 is 2.62 bits per heavy atom. The van der Waals surface area contributed by atoms with Gasteiger partial charge in [-0.15, -0.1) is 0 Å². The van der Waals surface area contributed by atoms with Crippen molar-refractivity contribution in [2.75, 3.05) is 19.7 Å². The van der Waals surface area contributed by atoms with Crippen molar-refractivity contribution in [2.24, 2.45) is 5.92 Å². The van der Waals surface area contributed by atoms with Gasteiger partial charge in [-0.3, -0.25) is 9.59 Å². The average molecular weight is 354 g/mol. The number of carbonyl (C=O) groups is 2. The summed E-state index contributed by atoms with van der Waals surface area (Å²) in [5.74, 6) is 0.182. The number of aromatic nitrogens is 1. The third-order valence-corrected chi connectivity index (χ3v) is 4.20. The largest absolute Gasteiger partial charge is 0.478 e. The van der Waals surface area contributed by atoms with E-state index in [0.29, 0.717) is 43.4 Å². The van der Waals surface area contributed by atoms with Crippen LogP contribution in [0, 0.1) is 5.92 Å². The lowest BCUT2D eigenvalue weighted by atomic mass is 9.95. The molecular formula is C17H24ClN3O3. The molecule has 2 heterocycles. The molecule has 1 N–H and O–H groups in total. The molecule has 1 aromatic rings. The summed E-state index contributed by atoms with van der Waals surface area (Å²) >= 11 is 6.12. The number of nitrogens with one attached hydrogen (secondary N) is 1. The number of nitrogens with zero attached hydrogens (tertiary/aromatic N) is 2. The minimum Gasteiger partial charge on any atom is -0.478 e. The third-order valence-electron chi connectivity index (χ3n) is 3.90. The SMILES string of the molecule is CCOc1ccc(Cl)c(C(=O)N2CCC(C(=O)NC(C)C)CC2)n1. The molecule has 1 aliphatic rings. The van der Waals surface area contributed by atoms with Crippen LogP contribution in [0.1, 0.15) is 44.1 Å². The number of rotatable bonds is 5. The minimum atomic E-state index is -0.218. The summed E-state index contributed by atoms with van der Waals surface area (Å²) in [4.78, 5) is 30.6. The Kier molecular flexibility index (Phi) is 6.43. The molecule has 1 aliphatic heterocycles. The zero-order chi connectivity index (χ0) is 17.7. The van der Waals surface area contributed by atoms with Crippen LogP contribution >= 0.6 is 11.6 Å². The van der Waals surface area contributed by atoms with Crippen molar-refractivity contribution < 1.29 is 14.3 Å². The quantitative estimate of drug-likeness (QED) is 0.882.